The summed E-state index contributed by atoms with van der Waals surface area (Å²) in [5.41, 5.74) is 24.3. The SMILES string of the molecule is CC(C)(C)c1cc2c3c(c1)N(c1c(-c4ccccc4)cccc1-c1ccccc1)c1cc4c(cc1B3c1ccccc1O2)B1c2ccccc2N(c2ccc3c5ccccc5c5ccccc5c3c2)c2cc(C(C)(C)C)cc(c21)N4c1ccc2c3ccccc3c3ccccc3c2c1. The van der Waals surface area contributed by atoms with Gasteiger partial charge in [0.2, 0.25) is 0 Å². The summed E-state index contributed by atoms with van der Waals surface area (Å²) in [4.78, 5) is 7.96. The van der Waals surface area contributed by atoms with Crippen molar-refractivity contribution in [1.82, 2.24) is 0 Å². The number of benzene rings is 16. The molecule has 0 saturated carbocycles. The van der Waals surface area contributed by atoms with Gasteiger partial charge in [-0.1, -0.05) is 272 Å². The smallest absolute Gasteiger partial charge is 0.256 e. The number of anilines is 9. The highest BCUT2D eigenvalue weighted by Gasteiger charge is 2.49. The Labute approximate surface area is 572 Å². The average Bonchev–Trinajstić information content (AvgIpc) is 0.683. The van der Waals surface area contributed by atoms with Crippen LogP contribution in [-0.2, 0) is 10.8 Å². The van der Waals surface area contributed by atoms with Crippen molar-refractivity contribution in [1.29, 1.82) is 0 Å². The highest BCUT2D eigenvalue weighted by Crippen LogP contribution is 2.54. The van der Waals surface area contributed by atoms with Crippen molar-refractivity contribution >= 4 is 162 Å². The molecule has 0 amide bonds. The fraction of sp³-hybridized carbons (Fsp3) is 0.0870. The van der Waals surface area contributed by atoms with Crippen molar-refractivity contribution in [2.24, 2.45) is 0 Å². The Bertz CT molecular complexity index is 5980. The maximum Gasteiger partial charge on any atom is 0.256 e. The van der Waals surface area contributed by atoms with Crippen molar-refractivity contribution in [3.8, 4) is 33.8 Å². The maximum atomic E-state index is 7.35. The van der Waals surface area contributed by atoms with E-state index < -0.39 is 0 Å². The molecule has 4 heterocycles. The first-order valence-electron chi connectivity index (χ1n) is 34.6. The predicted molar refractivity (Wildman–Crippen MR) is 420 cm³/mol. The average molecular weight is 1250 g/mol. The summed E-state index contributed by atoms with van der Waals surface area (Å²) in [5, 5.41) is 15.0. The van der Waals surface area contributed by atoms with Crippen molar-refractivity contribution in [2.75, 3.05) is 14.7 Å². The zero-order valence-corrected chi connectivity index (χ0v) is 55.7. The zero-order valence-electron chi connectivity index (χ0n) is 55.7. The van der Waals surface area contributed by atoms with Crippen LogP contribution < -0.4 is 52.2 Å². The van der Waals surface area contributed by atoms with Crippen LogP contribution in [-0.4, -0.2) is 13.4 Å². The Kier molecular flexibility index (Phi) is 12.1. The lowest BCUT2D eigenvalue weighted by Crippen LogP contribution is -2.64. The van der Waals surface area contributed by atoms with E-state index in [2.05, 4.69) is 353 Å². The molecule has 0 spiro atoms. The highest BCUT2D eigenvalue weighted by molar-refractivity contribution is 7.02. The normalized spacial score (nSPS) is 13.6. The lowest BCUT2D eigenvalue weighted by Gasteiger charge is -2.47. The molecule has 0 bridgehead atoms. The summed E-state index contributed by atoms with van der Waals surface area (Å²) in [6, 6.07) is 113. The van der Waals surface area contributed by atoms with Crippen molar-refractivity contribution in [2.45, 2.75) is 52.4 Å². The first-order valence-corrected chi connectivity index (χ1v) is 34.6. The van der Waals surface area contributed by atoms with E-state index in [9.17, 15) is 0 Å². The van der Waals surface area contributed by atoms with Crippen LogP contribution in [0.1, 0.15) is 52.7 Å². The van der Waals surface area contributed by atoms with Gasteiger partial charge in [0, 0.05) is 56.6 Å². The fourth-order valence-corrected chi connectivity index (χ4v) is 17.4. The summed E-state index contributed by atoms with van der Waals surface area (Å²) in [7, 11) is 0. The molecule has 0 saturated heterocycles. The van der Waals surface area contributed by atoms with Gasteiger partial charge < -0.3 is 19.4 Å². The second-order valence-corrected chi connectivity index (χ2v) is 29.5. The monoisotopic (exact) mass is 1250 g/mol. The number of para-hydroxylation sites is 3. The number of hydrogen-bond donors (Lipinski definition) is 0. The van der Waals surface area contributed by atoms with Crippen LogP contribution in [0.25, 0.3) is 86.9 Å². The number of nitrogens with zero attached hydrogens (tertiary/aromatic N) is 3. The van der Waals surface area contributed by atoms with E-state index in [0.717, 1.165) is 73.3 Å². The number of ether oxygens (including phenoxy) is 1. The fourth-order valence-electron chi connectivity index (χ4n) is 17.4. The summed E-state index contributed by atoms with van der Waals surface area (Å²) < 4.78 is 7.35. The van der Waals surface area contributed by atoms with Gasteiger partial charge in [0.05, 0.1) is 5.69 Å². The maximum absolute atomic E-state index is 7.35. The molecule has 16 aromatic rings. The summed E-state index contributed by atoms with van der Waals surface area (Å²) in [6.07, 6.45) is 0. The Morgan fingerprint density at radius 3 is 1.14 bits per heavy atom. The van der Waals surface area contributed by atoms with E-state index in [1.807, 2.05) is 0 Å². The van der Waals surface area contributed by atoms with E-state index in [0.29, 0.717) is 0 Å². The van der Waals surface area contributed by atoms with Gasteiger partial charge in [0.15, 0.2) is 0 Å². The van der Waals surface area contributed by atoms with E-state index >= 15 is 0 Å². The quantitative estimate of drug-likeness (QED) is 0.126. The van der Waals surface area contributed by atoms with Gasteiger partial charge in [0.1, 0.15) is 11.5 Å². The zero-order chi connectivity index (χ0) is 65.4. The number of rotatable bonds is 5. The van der Waals surface area contributed by atoms with Gasteiger partial charge in [-0.25, -0.2) is 0 Å². The molecule has 0 aromatic heterocycles. The van der Waals surface area contributed by atoms with Crippen LogP contribution in [0.2, 0.25) is 0 Å². The molecule has 0 aliphatic carbocycles. The predicted octanol–water partition coefficient (Wildman–Crippen LogP) is 21.0. The van der Waals surface area contributed by atoms with Crippen LogP contribution in [0.15, 0.2) is 297 Å². The van der Waals surface area contributed by atoms with Gasteiger partial charge in [-0.05, 0) is 197 Å². The standard InChI is InChI=1S/C92H67B2N3O/c1-91(2,3)58-48-83-88-84(49-58)96(61-45-47-73-69-35-16-14-31-65(69)67-33-18-20-37-71(67)75(73)53-61)81-55-82-79(54-78(81)93(88)76-40-21-23-42-80(76)95(83)60-44-46-72-68-34-15-13-30-64(68)66-32-17-19-36-70(66)74(72)52-60)94-77-41-22-24-43-86(77)98-87-51-59(92(4,5)6)50-85(89(87)94)97(82)90-62(56-26-9-7-10-27-56)38-25-39-63(90)57-28-11-8-12-29-57/h7-55H,1-6H3. The summed E-state index contributed by atoms with van der Waals surface area (Å²) in [6.45, 7) is 13.8. The first kappa shape index (κ1) is 56.7. The molecule has 20 rings (SSSR count). The van der Waals surface area contributed by atoms with E-state index in [4.69, 9.17) is 4.74 Å². The molecule has 0 atom stereocenters. The van der Waals surface area contributed by atoms with E-state index in [-0.39, 0.29) is 24.3 Å². The number of hydrogen-bond acceptors (Lipinski definition) is 4. The van der Waals surface area contributed by atoms with Gasteiger partial charge in [-0.3, -0.25) is 0 Å². The molecule has 16 aromatic carbocycles. The van der Waals surface area contributed by atoms with Crippen LogP contribution in [0.5, 0.6) is 11.5 Å². The van der Waals surface area contributed by atoms with E-state index in [1.54, 1.807) is 0 Å². The Morgan fingerprint density at radius 1 is 0.255 bits per heavy atom. The molecular weight excluding hydrogens is 1180 g/mol. The minimum absolute atomic E-state index is 0.183. The van der Waals surface area contributed by atoms with Gasteiger partial charge in [-0.15, -0.1) is 0 Å². The lowest BCUT2D eigenvalue weighted by molar-refractivity contribution is 0.483. The van der Waals surface area contributed by atoms with Crippen LogP contribution in [0, 0.1) is 0 Å². The molecule has 0 radical (unpaired) electrons. The topological polar surface area (TPSA) is 19.0 Å². The highest BCUT2D eigenvalue weighted by atomic mass is 16.5. The third-order valence-corrected chi connectivity index (χ3v) is 21.9. The Balaban J connectivity index is 0.940. The van der Waals surface area contributed by atoms with Gasteiger partial charge >= 0.3 is 0 Å². The van der Waals surface area contributed by atoms with Crippen LogP contribution in [0.4, 0.5) is 51.2 Å². The molecule has 4 aliphatic rings. The molecule has 98 heavy (non-hydrogen) atoms. The molecule has 0 N–H and O–H groups in total. The molecule has 4 aliphatic heterocycles. The second kappa shape index (κ2) is 21.0. The third kappa shape index (κ3) is 8.27. The molecular formula is C92H67B2N3O. The molecule has 462 valence electrons. The molecule has 0 fully saturated rings. The third-order valence-electron chi connectivity index (χ3n) is 21.9. The minimum atomic E-state index is -0.253. The van der Waals surface area contributed by atoms with E-state index in [1.165, 1.54) is 120 Å². The summed E-state index contributed by atoms with van der Waals surface area (Å²) >= 11 is 0. The van der Waals surface area contributed by atoms with Crippen LogP contribution >= 0.6 is 0 Å². The van der Waals surface area contributed by atoms with Gasteiger partial charge in [0.25, 0.3) is 13.4 Å². The summed E-state index contributed by atoms with van der Waals surface area (Å²) in [5.74, 6) is 1.79. The molecule has 6 heteroatoms. The Hall–Kier alpha value is -11.6. The van der Waals surface area contributed by atoms with Gasteiger partial charge in [-0.2, -0.15) is 0 Å². The Morgan fingerprint density at radius 2 is 0.643 bits per heavy atom. The molecule has 4 nitrogen and oxygen atoms in total. The molecule has 0 unspecified atom stereocenters. The van der Waals surface area contributed by atoms with Crippen LogP contribution in [0.3, 0.4) is 0 Å². The minimum Gasteiger partial charge on any atom is -0.458 e. The largest absolute Gasteiger partial charge is 0.458 e. The lowest BCUT2D eigenvalue weighted by atomic mass is 9.30. The van der Waals surface area contributed by atoms with Crippen molar-refractivity contribution < 1.29 is 4.74 Å². The van der Waals surface area contributed by atoms with Crippen molar-refractivity contribution in [3.63, 3.8) is 0 Å². The first-order chi connectivity index (χ1) is 47.9. The number of fused-ring (bicyclic) bond motifs is 20. The second-order valence-electron chi connectivity index (χ2n) is 29.5. The van der Waals surface area contributed by atoms with Crippen molar-refractivity contribution in [3.05, 3.63) is 308 Å².